The summed E-state index contributed by atoms with van der Waals surface area (Å²) >= 11 is 0. The molecule has 0 bridgehead atoms. The van der Waals surface area contributed by atoms with E-state index in [0.717, 1.165) is 114 Å². The quantitative estimate of drug-likeness (QED) is 0.0222. The highest BCUT2D eigenvalue weighted by Crippen LogP contribution is 2.45. The number of ether oxygens (including phenoxy) is 4. The Morgan fingerprint density at radius 3 is 0.747 bits per heavy atom. The van der Waals surface area contributed by atoms with Gasteiger partial charge in [-0.2, -0.15) is 0 Å². The largest absolute Gasteiger partial charge is 0.472 e. The molecule has 0 aliphatic rings. The minimum absolute atomic E-state index is 0.105. The summed E-state index contributed by atoms with van der Waals surface area (Å²) in [5.74, 6) is 0.905. The number of carbonyl (C=O) groups is 4. The van der Waals surface area contributed by atoms with Crippen molar-refractivity contribution in [2.45, 2.75) is 401 Å². The maximum atomic E-state index is 13.1. The Kier molecular flexibility index (Phi) is 64.0. The standard InChI is InChI=1S/C76H148O17P2/c1-9-69(8)55-47-39-30-26-27-31-40-48-56-73(78)86-62-71(92-76(81)59-51-43-33-25-21-20-23-29-37-45-53-67(4)5)64-90-94(82,83)88-60-70(77)61-89-95(84,85)91-65-72(63-87-74(79)57-49-41-35-34-38-46-54-68(6)7)93-75(80)58-50-42-32-24-19-17-15-13-11-10-12-14-16-18-22-28-36-44-52-66(2)3/h66-72,77H,9-65H2,1-8H3,(H,82,83)(H,84,85)/t69?,70?,71-,72-/m1/s1. The number of aliphatic hydroxyl groups is 1. The second-order valence-corrected chi connectivity index (χ2v) is 32.0. The number of unbranched alkanes of at least 4 members (excludes halogenated alkanes) is 38. The molecule has 0 rings (SSSR count). The monoisotopic (exact) mass is 1400 g/mol. The molecule has 95 heavy (non-hydrogen) atoms. The molecule has 0 aromatic carbocycles. The van der Waals surface area contributed by atoms with E-state index < -0.39 is 97.5 Å². The van der Waals surface area contributed by atoms with Gasteiger partial charge in [0.15, 0.2) is 12.2 Å². The molecule has 19 heteroatoms. The highest BCUT2D eigenvalue weighted by Gasteiger charge is 2.30. The average Bonchev–Trinajstić information content (AvgIpc) is 1.69. The van der Waals surface area contributed by atoms with Crippen molar-refractivity contribution in [2.75, 3.05) is 39.6 Å². The fourth-order valence-corrected chi connectivity index (χ4v) is 13.1. The number of phosphoric acid groups is 2. The summed E-state index contributed by atoms with van der Waals surface area (Å²) in [6.45, 7) is 14.1. The number of hydrogen-bond donors (Lipinski definition) is 3. The number of carbonyl (C=O) groups excluding carboxylic acids is 4. The zero-order valence-electron chi connectivity index (χ0n) is 62.3. The Morgan fingerprint density at radius 1 is 0.295 bits per heavy atom. The van der Waals surface area contributed by atoms with Gasteiger partial charge in [0.25, 0.3) is 0 Å². The van der Waals surface area contributed by atoms with Gasteiger partial charge in [-0.1, -0.05) is 331 Å². The third kappa shape index (κ3) is 69.0. The van der Waals surface area contributed by atoms with Crippen LogP contribution in [0, 0.1) is 23.7 Å². The summed E-state index contributed by atoms with van der Waals surface area (Å²) < 4.78 is 68.5. The van der Waals surface area contributed by atoms with Crippen LogP contribution in [0.15, 0.2) is 0 Å². The van der Waals surface area contributed by atoms with Crippen LogP contribution in [0.3, 0.4) is 0 Å². The first-order valence-corrected chi connectivity index (χ1v) is 42.2. The van der Waals surface area contributed by atoms with Crippen molar-refractivity contribution < 1.29 is 80.2 Å². The third-order valence-electron chi connectivity index (χ3n) is 17.9. The van der Waals surface area contributed by atoms with Crippen LogP contribution in [-0.2, 0) is 65.4 Å². The van der Waals surface area contributed by atoms with Gasteiger partial charge in [0.05, 0.1) is 26.4 Å². The van der Waals surface area contributed by atoms with E-state index in [1.165, 1.54) is 180 Å². The van der Waals surface area contributed by atoms with Gasteiger partial charge >= 0.3 is 39.5 Å². The minimum Gasteiger partial charge on any atom is -0.462 e. The molecule has 17 nitrogen and oxygen atoms in total. The first-order chi connectivity index (χ1) is 45.6. The normalized spacial score (nSPS) is 14.4. The second-order valence-electron chi connectivity index (χ2n) is 29.1. The predicted molar refractivity (Wildman–Crippen MR) is 386 cm³/mol. The van der Waals surface area contributed by atoms with Gasteiger partial charge < -0.3 is 33.8 Å². The Balaban J connectivity index is 5.18. The number of hydrogen-bond acceptors (Lipinski definition) is 15. The van der Waals surface area contributed by atoms with E-state index in [9.17, 15) is 43.2 Å². The summed E-state index contributed by atoms with van der Waals surface area (Å²) in [5, 5.41) is 10.6. The molecule has 0 heterocycles. The molecule has 0 amide bonds. The van der Waals surface area contributed by atoms with Gasteiger partial charge in [0.2, 0.25) is 0 Å². The lowest BCUT2D eigenvalue weighted by Gasteiger charge is -2.21. The molecule has 4 unspecified atom stereocenters. The van der Waals surface area contributed by atoms with Crippen molar-refractivity contribution >= 4 is 39.5 Å². The van der Waals surface area contributed by atoms with Crippen molar-refractivity contribution in [3.63, 3.8) is 0 Å². The van der Waals surface area contributed by atoms with Crippen LogP contribution in [0.1, 0.15) is 383 Å². The van der Waals surface area contributed by atoms with Crippen molar-refractivity contribution in [1.82, 2.24) is 0 Å². The molecular formula is C76H148O17P2. The van der Waals surface area contributed by atoms with E-state index in [4.69, 9.17) is 37.0 Å². The van der Waals surface area contributed by atoms with Gasteiger partial charge in [0.1, 0.15) is 19.3 Å². The van der Waals surface area contributed by atoms with E-state index in [0.29, 0.717) is 31.6 Å². The Hall–Kier alpha value is -1.94. The molecule has 564 valence electrons. The van der Waals surface area contributed by atoms with E-state index in [2.05, 4.69) is 55.4 Å². The Morgan fingerprint density at radius 2 is 0.505 bits per heavy atom. The first kappa shape index (κ1) is 93.1. The van der Waals surface area contributed by atoms with Crippen molar-refractivity contribution in [3.05, 3.63) is 0 Å². The number of esters is 4. The van der Waals surface area contributed by atoms with Crippen LogP contribution in [-0.4, -0.2) is 96.7 Å². The van der Waals surface area contributed by atoms with Crippen LogP contribution < -0.4 is 0 Å². The number of phosphoric ester groups is 2. The van der Waals surface area contributed by atoms with Crippen LogP contribution in [0.2, 0.25) is 0 Å². The highest BCUT2D eigenvalue weighted by molar-refractivity contribution is 7.47. The molecule has 0 fully saturated rings. The maximum absolute atomic E-state index is 13.1. The summed E-state index contributed by atoms with van der Waals surface area (Å²) in [6, 6.07) is 0. The van der Waals surface area contributed by atoms with Crippen molar-refractivity contribution in [3.8, 4) is 0 Å². The van der Waals surface area contributed by atoms with E-state index in [-0.39, 0.29) is 25.7 Å². The lowest BCUT2D eigenvalue weighted by atomic mass is 9.99. The van der Waals surface area contributed by atoms with Gasteiger partial charge in [-0.25, -0.2) is 9.13 Å². The zero-order valence-corrected chi connectivity index (χ0v) is 64.1. The van der Waals surface area contributed by atoms with Gasteiger partial charge in [-0.3, -0.25) is 37.3 Å². The summed E-state index contributed by atoms with van der Waals surface area (Å²) in [5.41, 5.74) is 0. The van der Waals surface area contributed by atoms with Gasteiger partial charge in [-0.15, -0.1) is 0 Å². The Bertz CT molecular complexity index is 1870. The minimum atomic E-state index is -4.96. The number of aliphatic hydroxyl groups excluding tert-OH is 1. The average molecular weight is 1400 g/mol. The molecule has 0 aromatic rings. The fourth-order valence-electron chi connectivity index (χ4n) is 11.5. The smallest absolute Gasteiger partial charge is 0.462 e. The summed E-state index contributed by atoms with van der Waals surface area (Å²) in [7, 11) is -9.91. The first-order valence-electron chi connectivity index (χ1n) is 39.2. The molecule has 0 radical (unpaired) electrons. The zero-order chi connectivity index (χ0) is 70.3. The molecule has 0 spiro atoms. The summed E-state index contributed by atoms with van der Waals surface area (Å²) in [6.07, 6.45) is 50.2. The molecule has 0 aliphatic carbocycles. The van der Waals surface area contributed by atoms with Crippen molar-refractivity contribution in [1.29, 1.82) is 0 Å². The van der Waals surface area contributed by atoms with Crippen LogP contribution in [0.25, 0.3) is 0 Å². The summed E-state index contributed by atoms with van der Waals surface area (Å²) in [4.78, 5) is 72.7. The van der Waals surface area contributed by atoms with Crippen LogP contribution in [0.4, 0.5) is 0 Å². The predicted octanol–water partition coefficient (Wildman–Crippen LogP) is 22.0. The molecule has 0 saturated carbocycles. The second kappa shape index (κ2) is 65.4. The molecular weight excluding hydrogens is 1250 g/mol. The van der Waals surface area contributed by atoms with Crippen LogP contribution in [0.5, 0.6) is 0 Å². The van der Waals surface area contributed by atoms with E-state index >= 15 is 0 Å². The number of rotatable bonds is 73. The molecule has 6 atom stereocenters. The molecule has 0 aliphatic heterocycles. The molecule has 3 N–H and O–H groups in total. The Labute approximate surface area is 581 Å². The van der Waals surface area contributed by atoms with Crippen molar-refractivity contribution in [2.24, 2.45) is 23.7 Å². The fraction of sp³-hybridized carbons (Fsp3) is 0.947. The SMILES string of the molecule is CCC(C)CCCCCCCCCCC(=O)OC[C@H](COP(=O)(O)OCC(O)COP(=O)(O)OC[C@@H](COC(=O)CCCCCCCCC(C)C)OC(=O)CCCCCCCCCCCCCCCCCCCCC(C)C)OC(=O)CCCCCCCCCCCCC(C)C. The topological polar surface area (TPSA) is 237 Å². The van der Waals surface area contributed by atoms with Crippen LogP contribution >= 0.6 is 15.6 Å². The molecule has 0 saturated heterocycles. The lowest BCUT2D eigenvalue weighted by molar-refractivity contribution is -0.161. The van der Waals surface area contributed by atoms with Gasteiger partial charge in [0, 0.05) is 25.7 Å². The third-order valence-corrected chi connectivity index (χ3v) is 19.8. The maximum Gasteiger partial charge on any atom is 0.472 e. The van der Waals surface area contributed by atoms with E-state index in [1.54, 1.807) is 0 Å². The lowest BCUT2D eigenvalue weighted by Crippen LogP contribution is -2.30. The molecule has 0 aromatic heterocycles. The van der Waals surface area contributed by atoms with E-state index in [1.807, 2.05) is 0 Å². The van der Waals surface area contributed by atoms with Gasteiger partial charge in [-0.05, 0) is 49.4 Å². The highest BCUT2D eigenvalue weighted by atomic mass is 31.2.